The zero-order valence-electron chi connectivity index (χ0n) is 16.5. The lowest BCUT2D eigenvalue weighted by Crippen LogP contribution is -2.49. The number of hydrogen-bond donors (Lipinski definition) is 2. The number of imidazole rings is 1. The summed E-state index contributed by atoms with van der Waals surface area (Å²) in [4.78, 5) is 12.2. The molecule has 3 heterocycles. The first-order valence-electron chi connectivity index (χ1n) is 10.1. The van der Waals surface area contributed by atoms with Gasteiger partial charge in [-0.2, -0.15) is 0 Å². The van der Waals surface area contributed by atoms with Crippen molar-refractivity contribution in [1.82, 2.24) is 25.1 Å². The molecule has 5 heteroatoms. The zero-order valence-corrected chi connectivity index (χ0v) is 16.5. The van der Waals surface area contributed by atoms with E-state index < -0.39 is 0 Å². The fourth-order valence-electron chi connectivity index (χ4n) is 4.37. The summed E-state index contributed by atoms with van der Waals surface area (Å²) in [6.07, 6.45) is 13.2. The molecule has 2 aliphatic rings. The first kappa shape index (κ1) is 18.1. The Morgan fingerprint density at radius 2 is 1.78 bits per heavy atom. The largest absolute Gasteiger partial charge is 0.368 e. The van der Waals surface area contributed by atoms with Crippen molar-refractivity contribution in [3.05, 3.63) is 65.5 Å². The molecule has 1 aromatic carbocycles. The molecule has 2 atom stereocenters. The molecule has 2 aromatic rings. The molecule has 27 heavy (non-hydrogen) atoms. The van der Waals surface area contributed by atoms with Crippen molar-refractivity contribution >= 4 is 0 Å². The van der Waals surface area contributed by atoms with Crippen molar-refractivity contribution in [2.75, 3.05) is 20.6 Å². The van der Waals surface area contributed by atoms with Crippen LogP contribution in [0.3, 0.4) is 0 Å². The molecule has 1 aromatic heterocycles. The predicted octanol–water partition coefficient (Wildman–Crippen LogP) is 2.92. The molecular weight excluding hydrogens is 334 g/mol. The van der Waals surface area contributed by atoms with E-state index in [9.17, 15) is 0 Å². The van der Waals surface area contributed by atoms with Crippen LogP contribution in [0.15, 0.2) is 48.7 Å². The Bertz CT molecular complexity index is 750. The number of hydrogen-bond acceptors (Lipinski definition) is 4. The molecule has 5 nitrogen and oxygen atoms in total. The molecule has 1 unspecified atom stereocenters. The summed E-state index contributed by atoms with van der Waals surface area (Å²) in [5, 5.41) is 3.62. The fraction of sp³-hybridized carbons (Fsp3) is 0.500. The van der Waals surface area contributed by atoms with Crippen molar-refractivity contribution in [2.24, 2.45) is 0 Å². The maximum Gasteiger partial charge on any atom is 0.114 e. The van der Waals surface area contributed by atoms with E-state index in [1.807, 2.05) is 6.20 Å². The Labute approximate surface area is 162 Å². The molecule has 144 valence electrons. The maximum absolute atomic E-state index is 4.08. The van der Waals surface area contributed by atoms with Gasteiger partial charge in [0, 0.05) is 36.9 Å². The highest BCUT2D eigenvalue weighted by molar-refractivity contribution is 5.24. The van der Waals surface area contributed by atoms with Crippen LogP contribution < -0.4 is 5.32 Å². The van der Waals surface area contributed by atoms with Crippen LogP contribution in [0, 0.1) is 0 Å². The van der Waals surface area contributed by atoms with Crippen molar-refractivity contribution in [3.8, 4) is 0 Å². The molecular formula is C22H31N5. The Kier molecular flexibility index (Phi) is 5.48. The molecule has 2 aliphatic heterocycles. The van der Waals surface area contributed by atoms with Crippen LogP contribution in [-0.4, -0.2) is 52.6 Å². The molecule has 2 N–H and O–H groups in total. The van der Waals surface area contributed by atoms with Gasteiger partial charge in [0.15, 0.2) is 0 Å². The number of aromatic nitrogens is 2. The monoisotopic (exact) mass is 365 g/mol. The number of benzene rings is 1. The van der Waals surface area contributed by atoms with E-state index in [-0.39, 0.29) is 0 Å². The summed E-state index contributed by atoms with van der Waals surface area (Å²) in [6.45, 7) is 1.22. The van der Waals surface area contributed by atoms with Crippen molar-refractivity contribution in [2.45, 2.75) is 50.7 Å². The number of likely N-dealkylation sites (tertiary alicyclic amines) is 1. The van der Waals surface area contributed by atoms with Crippen LogP contribution in [-0.2, 0) is 19.3 Å². The quantitative estimate of drug-likeness (QED) is 0.792. The van der Waals surface area contributed by atoms with Gasteiger partial charge in [0.1, 0.15) is 6.17 Å². The highest BCUT2D eigenvalue weighted by atomic mass is 15.4. The Balaban J connectivity index is 1.26. The number of rotatable bonds is 7. The standard InChI is InChI=1S/C22H31N5/c1-26-13-3-4-21(26)22-24-15-20(27(22)2)12-10-18-7-5-17(6-8-18)9-11-19-14-23-16-25-19/h5-8,14-16,21-22,24H,3-4,9-13H2,1-2H3,(H,23,25)/t21-,22?/m0/s1. The number of allylic oxidation sites excluding steroid dienone is 1. The number of nitrogens with zero attached hydrogens (tertiary/aromatic N) is 3. The third kappa shape index (κ3) is 4.19. The minimum absolute atomic E-state index is 0.428. The molecule has 0 saturated carbocycles. The first-order chi connectivity index (χ1) is 13.2. The second-order valence-corrected chi connectivity index (χ2v) is 7.94. The second-order valence-electron chi connectivity index (χ2n) is 7.94. The molecule has 0 aliphatic carbocycles. The van der Waals surface area contributed by atoms with Gasteiger partial charge < -0.3 is 15.2 Å². The van der Waals surface area contributed by atoms with Gasteiger partial charge in [-0.25, -0.2) is 4.98 Å². The summed E-state index contributed by atoms with van der Waals surface area (Å²) < 4.78 is 0. The summed E-state index contributed by atoms with van der Waals surface area (Å²) in [7, 11) is 4.49. The van der Waals surface area contributed by atoms with E-state index in [1.165, 1.54) is 41.9 Å². The Morgan fingerprint density at radius 1 is 1.04 bits per heavy atom. The Hall–Kier alpha value is -2.27. The number of H-pyrrole nitrogens is 1. The predicted molar refractivity (Wildman–Crippen MR) is 109 cm³/mol. The molecule has 0 bridgehead atoms. The molecule has 0 spiro atoms. The highest BCUT2D eigenvalue weighted by Gasteiger charge is 2.34. The van der Waals surface area contributed by atoms with Gasteiger partial charge in [0.2, 0.25) is 0 Å². The van der Waals surface area contributed by atoms with E-state index in [1.54, 1.807) is 6.33 Å². The van der Waals surface area contributed by atoms with E-state index >= 15 is 0 Å². The van der Waals surface area contributed by atoms with Gasteiger partial charge in [-0.05, 0) is 63.2 Å². The van der Waals surface area contributed by atoms with E-state index in [0.717, 1.165) is 25.7 Å². The Morgan fingerprint density at radius 3 is 2.41 bits per heavy atom. The van der Waals surface area contributed by atoms with Gasteiger partial charge in [-0.15, -0.1) is 0 Å². The smallest absolute Gasteiger partial charge is 0.114 e. The minimum Gasteiger partial charge on any atom is -0.368 e. The average molecular weight is 366 g/mol. The molecule has 4 rings (SSSR count). The van der Waals surface area contributed by atoms with E-state index in [4.69, 9.17) is 0 Å². The highest BCUT2D eigenvalue weighted by Crippen LogP contribution is 2.26. The third-order valence-corrected chi connectivity index (χ3v) is 6.16. The van der Waals surface area contributed by atoms with E-state index in [2.05, 4.69) is 69.6 Å². The lowest BCUT2D eigenvalue weighted by Gasteiger charge is -2.33. The topological polar surface area (TPSA) is 47.2 Å². The number of likely N-dealkylation sites (N-methyl/N-ethyl adjacent to an activating group) is 2. The summed E-state index contributed by atoms with van der Waals surface area (Å²) >= 11 is 0. The first-order valence-corrected chi connectivity index (χ1v) is 10.1. The van der Waals surface area contributed by atoms with Crippen LogP contribution in [0.2, 0.25) is 0 Å². The number of aromatic amines is 1. The number of nitrogens with one attached hydrogen (secondary N) is 2. The van der Waals surface area contributed by atoms with Gasteiger partial charge in [0.25, 0.3) is 0 Å². The average Bonchev–Trinajstić information content (AvgIpc) is 3.41. The van der Waals surface area contributed by atoms with Gasteiger partial charge in [-0.1, -0.05) is 24.3 Å². The van der Waals surface area contributed by atoms with Crippen LogP contribution in [0.25, 0.3) is 0 Å². The summed E-state index contributed by atoms with van der Waals surface area (Å²) in [5.74, 6) is 0. The van der Waals surface area contributed by atoms with Crippen LogP contribution in [0.4, 0.5) is 0 Å². The molecule has 0 amide bonds. The summed E-state index contributed by atoms with van der Waals surface area (Å²) in [6, 6.07) is 9.74. The lowest BCUT2D eigenvalue weighted by molar-refractivity contribution is 0.166. The third-order valence-electron chi connectivity index (χ3n) is 6.16. The fourth-order valence-corrected chi connectivity index (χ4v) is 4.37. The van der Waals surface area contributed by atoms with Crippen LogP contribution >= 0.6 is 0 Å². The molecule has 1 fully saturated rings. The second kappa shape index (κ2) is 8.17. The normalized spacial score (nSPS) is 22.9. The van der Waals surface area contributed by atoms with Gasteiger partial charge in [0.05, 0.1) is 6.33 Å². The maximum atomic E-state index is 4.08. The zero-order chi connectivity index (χ0) is 18.6. The minimum atomic E-state index is 0.428. The van der Waals surface area contributed by atoms with Crippen molar-refractivity contribution in [3.63, 3.8) is 0 Å². The van der Waals surface area contributed by atoms with Crippen molar-refractivity contribution < 1.29 is 0 Å². The van der Waals surface area contributed by atoms with Crippen LogP contribution in [0.5, 0.6) is 0 Å². The molecule has 0 radical (unpaired) electrons. The van der Waals surface area contributed by atoms with Crippen molar-refractivity contribution in [1.29, 1.82) is 0 Å². The number of aryl methyl sites for hydroxylation is 3. The summed E-state index contributed by atoms with van der Waals surface area (Å²) in [5.41, 5.74) is 5.42. The SMILES string of the molecule is CN1C(CCc2ccc(CCc3cnc[nH]3)cc2)=CNC1[C@@H]1CCCN1C. The lowest BCUT2D eigenvalue weighted by atomic mass is 10.0. The molecule has 1 saturated heterocycles. The van der Waals surface area contributed by atoms with Crippen LogP contribution in [0.1, 0.15) is 36.1 Å². The van der Waals surface area contributed by atoms with E-state index in [0.29, 0.717) is 12.2 Å². The van der Waals surface area contributed by atoms with Gasteiger partial charge in [-0.3, -0.25) is 4.90 Å². The van der Waals surface area contributed by atoms with Gasteiger partial charge >= 0.3 is 0 Å².